The van der Waals surface area contributed by atoms with Gasteiger partial charge in [-0.1, -0.05) is 34.4 Å². The predicted molar refractivity (Wildman–Crippen MR) is 125 cm³/mol. The maximum absolute atomic E-state index is 12.5. The highest BCUT2D eigenvalue weighted by molar-refractivity contribution is 6.32. The largest absolute Gasteiger partial charge is 0.380 e. The monoisotopic (exact) mass is 497 g/mol. The fourth-order valence-corrected chi connectivity index (χ4v) is 4.00. The Kier molecular flexibility index (Phi) is 5.86. The number of amides is 1. The number of nitrogens with two attached hydrogens (primary N) is 1. The van der Waals surface area contributed by atoms with E-state index in [4.69, 9.17) is 33.5 Å². The van der Waals surface area contributed by atoms with E-state index in [0.717, 1.165) is 16.8 Å². The molecule has 0 saturated carbocycles. The van der Waals surface area contributed by atoms with Gasteiger partial charge in [0.25, 0.3) is 0 Å². The standard InChI is InChI=1S/C21H17Cl2N9O2/c22-13-3-5-15(32-10-26-30-31-32)11(7-13)2-6-18(33)25-9-17-27-19(20(23)28-17)12-1-4-14-16(8-12)34-29-21(14)24/h1,3-5,7-8,10H,2,6,9H2,(H2,24,29)(H,25,33)(H,27,28). The molecule has 13 heteroatoms. The summed E-state index contributed by atoms with van der Waals surface area (Å²) < 4.78 is 6.73. The van der Waals surface area contributed by atoms with E-state index in [1.165, 1.54) is 11.0 Å². The van der Waals surface area contributed by atoms with Crippen molar-refractivity contribution in [3.8, 4) is 16.9 Å². The van der Waals surface area contributed by atoms with Crippen LogP contribution in [0.5, 0.6) is 0 Å². The zero-order valence-electron chi connectivity index (χ0n) is 17.5. The molecular weight excluding hydrogens is 481 g/mol. The van der Waals surface area contributed by atoms with Crippen LogP contribution in [0.25, 0.3) is 27.9 Å². The smallest absolute Gasteiger partial charge is 0.220 e. The lowest BCUT2D eigenvalue weighted by Crippen LogP contribution is -2.23. The third kappa shape index (κ3) is 4.43. The van der Waals surface area contributed by atoms with E-state index in [0.29, 0.717) is 44.9 Å². The number of carbonyl (C=O) groups is 1. The van der Waals surface area contributed by atoms with Gasteiger partial charge < -0.3 is 20.6 Å². The van der Waals surface area contributed by atoms with Crippen LogP contribution in [0.1, 0.15) is 17.8 Å². The Morgan fingerprint density at radius 2 is 2.09 bits per heavy atom. The molecule has 172 valence electrons. The molecule has 0 radical (unpaired) electrons. The van der Waals surface area contributed by atoms with Crippen LogP contribution in [-0.2, 0) is 17.8 Å². The minimum absolute atomic E-state index is 0.157. The maximum atomic E-state index is 12.5. The number of aromatic nitrogens is 7. The van der Waals surface area contributed by atoms with Crippen LogP contribution in [0.4, 0.5) is 5.82 Å². The van der Waals surface area contributed by atoms with E-state index in [-0.39, 0.29) is 18.9 Å². The van der Waals surface area contributed by atoms with Gasteiger partial charge in [0.05, 0.1) is 17.6 Å². The predicted octanol–water partition coefficient (Wildman–Crippen LogP) is 3.33. The molecule has 0 saturated heterocycles. The van der Waals surface area contributed by atoms with Crippen LogP contribution in [-0.4, -0.2) is 41.2 Å². The Labute approximate surface area is 202 Å². The lowest BCUT2D eigenvalue weighted by molar-refractivity contribution is -0.121. The summed E-state index contributed by atoms with van der Waals surface area (Å²) in [6.45, 7) is 0.186. The van der Waals surface area contributed by atoms with E-state index in [2.05, 4.69) is 36.0 Å². The van der Waals surface area contributed by atoms with Crippen LogP contribution >= 0.6 is 23.2 Å². The fraction of sp³-hybridized carbons (Fsp3) is 0.143. The average molecular weight is 498 g/mol. The Balaban J connectivity index is 1.23. The number of rotatable bonds is 7. The Morgan fingerprint density at radius 1 is 1.21 bits per heavy atom. The number of hydrogen-bond donors (Lipinski definition) is 3. The number of fused-ring (bicyclic) bond motifs is 1. The van der Waals surface area contributed by atoms with E-state index in [9.17, 15) is 4.79 Å². The van der Waals surface area contributed by atoms with Crippen molar-refractivity contribution in [1.29, 1.82) is 0 Å². The highest BCUT2D eigenvalue weighted by Gasteiger charge is 2.15. The molecule has 0 aliphatic heterocycles. The maximum Gasteiger partial charge on any atom is 0.220 e. The topological polar surface area (TPSA) is 153 Å². The van der Waals surface area contributed by atoms with Gasteiger partial charge in [-0.15, -0.1) is 5.10 Å². The van der Waals surface area contributed by atoms with Crippen LogP contribution in [0.15, 0.2) is 47.2 Å². The van der Waals surface area contributed by atoms with E-state index < -0.39 is 0 Å². The van der Waals surface area contributed by atoms with Gasteiger partial charge in [-0.05, 0) is 52.7 Å². The number of nitrogens with zero attached hydrogens (tertiary/aromatic N) is 6. The number of benzene rings is 2. The highest BCUT2D eigenvalue weighted by Crippen LogP contribution is 2.30. The third-order valence-corrected chi connectivity index (χ3v) is 5.70. The van der Waals surface area contributed by atoms with E-state index >= 15 is 0 Å². The van der Waals surface area contributed by atoms with Gasteiger partial charge in [0.1, 0.15) is 23.0 Å². The number of nitrogen functional groups attached to an aromatic ring is 1. The Morgan fingerprint density at radius 3 is 2.91 bits per heavy atom. The molecule has 11 nitrogen and oxygen atoms in total. The van der Waals surface area contributed by atoms with Crippen molar-refractivity contribution in [3.05, 3.63) is 64.3 Å². The van der Waals surface area contributed by atoms with Crippen molar-refractivity contribution < 1.29 is 9.32 Å². The number of hydrogen-bond acceptors (Lipinski definition) is 8. The number of carbonyl (C=O) groups excluding carboxylic acids is 1. The first-order valence-corrected chi connectivity index (χ1v) is 10.9. The first kappa shape index (κ1) is 21.9. The zero-order valence-corrected chi connectivity index (χ0v) is 19.0. The molecule has 0 aliphatic rings. The third-order valence-electron chi connectivity index (χ3n) is 5.19. The van der Waals surface area contributed by atoms with Crippen molar-refractivity contribution >= 4 is 45.9 Å². The minimum Gasteiger partial charge on any atom is -0.380 e. The molecule has 3 aromatic heterocycles. The summed E-state index contributed by atoms with van der Waals surface area (Å²) in [6.07, 6.45) is 2.17. The number of H-pyrrole nitrogens is 1. The van der Waals surface area contributed by atoms with Crippen LogP contribution in [0, 0.1) is 0 Å². The minimum atomic E-state index is -0.157. The molecule has 0 fully saturated rings. The van der Waals surface area contributed by atoms with Gasteiger partial charge in [-0.2, -0.15) is 0 Å². The number of tetrazole rings is 1. The van der Waals surface area contributed by atoms with Crippen LogP contribution in [0.2, 0.25) is 10.2 Å². The molecule has 2 aromatic carbocycles. The number of nitrogens with one attached hydrogen (secondary N) is 2. The summed E-state index contributed by atoms with van der Waals surface area (Å²) in [5, 5.41) is 19.4. The quantitative estimate of drug-likeness (QED) is 0.309. The van der Waals surface area contributed by atoms with Crippen LogP contribution < -0.4 is 11.1 Å². The van der Waals surface area contributed by atoms with Crippen LogP contribution in [0.3, 0.4) is 0 Å². The second-order valence-corrected chi connectivity index (χ2v) is 8.24. The molecule has 1 amide bonds. The summed E-state index contributed by atoms with van der Waals surface area (Å²) in [6, 6.07) is 10.7. The first-order chi connectivity index (χ1) is 16.5. The number of anilines is 1. The average Bonchev–Trinajstić information content (AvgIpc) is 3.57. The Hall–Kier alpha value is -3.96. The number of halogens is 2. The summed E-state index contributed by atoms with van der Waals surface area (Å²) in [5.74, 6) is 0.679. The van der Waals surface area contributed by atoms with Gasteiger partial charge >= 0.3 is 0 Å². The van der Waals surface area contributed by atoms with Crippen molar-refractivity contribution in [2.24, 2.45) is 0 Å². The molecule has 5 aromatic rings. The number of imidazole rings is 1. The summed E-state index contributed by atoms with van der Waals surface area (Å²) in [7, 11) is 0. The number of aromatic amines is 1. The normalized spacial score (nSPS) is 11.2. The molecule has 0 unspecified atom stereocenters. The Bertz CT molecular complexity index is 1480. The summed E-state index contributed by atoms with van der Waals surface area (Å²) >= 11 is 12.5. The van der Waals surface area contributed by atoms with Gasteiger partial charge in [0.15, 0.2) is 11.4 Å². The van der Waals surface area contributed by atoms with Gasteiger partial charge in [-0.3, -0.25) is 4.79 Å². The van der Waals surface area contributed by atoms with Crippen molar-refractivity contribution in [2.75, 3.05) is 5.73 Å². The molecule has 34 heavy (non-hydrogen) atoms. The van der Waals surface area contributed by atoms with Crippen molar-refractivity contribution in [2.45, 2.75) is 19.4 Å². The second-order valence-electron chi connectivity index (χ2n) is 7.43. The summed E-state index contributed by atoms with van der Waals surface area (Å²) in [5.41, 5.74) is 9.17. The molecule has 0 atom stereocenters. The first-order valence-electron chi connectivity index (χ1n) is 10.2. The van der Waals surface area contributed by atoms with E-state index in [1.807, 2.05) is 12.1 Å². The molecule has 0 aliphatic carbocycles. The zero-order chi connectivity index (χ0) is 23.7. The van der Waals surface area contributed by atoms with Crippen molar-refractivity contribution in [1.82, 2.24) is 40.6 Å². The second kappa shape index (κ2) is 9.12. The lowest BCUT2D eigenvalue weighted by atomic mass is 10.1. The fourth-order valence-electron chi connectivity index (χ4n) is 3.55. The molecule has 0 bridgehead atoms. The molecule has 5 rings (SSSR count). The summed E-state index contributed by atoms with van der Waals surface area (Å²) in [4.78, 5) is 20.0. The lowest BCUT2D eigenvalue weighted by Gasteiger charge is -2.09. The van der Waals surface area contributed by atoms with Gasteiger partial charge in [-0.25, -0.2) is 9.67 Å². The SMILES string of the molecule is Nc1noc2cc(-c3nc(CNC(=O)CCc4cc(Cl)ccc4-n4cnnn4)[nH]c3Cl)ccc12. The molecule has 0 spiro atoms. The molecular formula is C21H17Cl2N9O2. The van der Waals surface area contributed by atoms with Gasteiger partial charge in [0.2, 0.25) is 5.91 Å². The molecule has 3 heterocycles. The number of aryl methyl sites for hydroxylation is 1. The van der Waals surface area contributed by atoms with E-state index in [1.54, 1.807) is 24.3 Å². The van der Waals surface area contributed by atoms with Gasteiger partial charge in [0, 0.05) is 17.0 Å². The van der Waals surface area contributed by atoms with Crippen molar-refractivity contribution in [3.63, 3.8) is 0 Å². The molecule has 4 N–H and O–H groups in total. The highest BCUT2D eigenvalue weighted by atomic mass is 35.5.